The summed E-state index contributed by atoms with van der Waals surface area (Å²) < 4.78 is 21.1. The van der Waals surface area contributed by atoms with Crippen LogP contribution in [0, 0.1) is 11.3 Å². The van der Waals surface area contributed by atoms with Crippen molar-refractivity contribution in [2.75, 3.05) is 14.2 Å². The molecular weight excluding hydrogens is 358 g/mol. The van der Waals surface area contributed by atoms with E-state index in [1.54, 1.807) is 19.2 Å². The van der Waals surface area contributed by atoms with Crippen LogP contribution in [0.2, 0.25) is 5.02 Å². The van der Waals surface area contributed by atoms with Gasteiger partial charge in [0.2, 0.25) is 0 Å². The van der Waals surface area contributed by atoms with Gasteiger partial charge in [0.1, 0.15) is 11.3 Å². The Morgan fingerprint density at radius 1 is 1.23 bits per heavy atom. The van der Waals surface area contributed by atoms with Crippen LogP contribution in [0.5, 0.6) is 17.2 Å². The second kappa shape index (κ2) is 7.38. The number of furan rings is 1. The zero-order chi connectivity index (χ0) is 18.7. The number of ether oxygens (including phenoxy) is 3. The van der Waals surface area contributed by atoms with E-state index in [9.17, 15) is 4.79 Å². The zero-order valence-electron chi connectivity index (χ0n) is 14.0. The first-order valence-corrected chi connectivity index (χ1v) is 7.96. The highest BCUT2D eigenvalue weighted by Crippen LogP contribution is 2.36. The van der Waals surface area contributed by atoms with Gasteiger partial charge in [-0.15, -0.1) is 0 Å². The number of rotatable bonds is 5. The predicted molar refractivity (Wildman–Crippen MR) is 94.8 cm³/mol. The molecule has 0 unspecified atom stereocenters. The molecule has 0 radical (unpaired) electrons. The molecule has 0 aliphatic carbocycles. The molecule has 0 aliphatic rings. The molecule has 132 valence electrons. The van der Waals surface area contributed by atoms with E-state index in [0.717, 1.165) is 5.39 Å². The number of hydrogen-bond donors (Lipinski definition) is 0. The normalized spacial score (nSPS) is 10.4. The molecule has 1 heterocycles. The van der Waals surface area contributed by atoms with E-state index >= 15 is 0 Å². The highest BCUT2D eigenvalue weighted by molar-refractivity contribution is 6.32. The Hall–Kier alpha value is -3.17. The van der Waals surface area contributed by atoms with Crippen molar-refractivity contribution in [3.8, 4) is 23.3 Å². The number of carbonyl (C=O) groups is 1. The largest absolute Gasteiger partial charge is 0.497 e. The maximum atomic E-state index is 12.4. The molecule has 0 bridgehead atoms. The third-order valence-corrected chi connectivity index (χ3v) is 4.05. The monoisotopic (exact) mass is 371 g/mol. The third-order valence-electron chi connectivity index (χ3n) is 3.77. The number of halogens is 1. The Bertz CT molecular complexity index is 1020. The Morgan fingerprint density at radius 3 is 2.73 bits per heavy atom. The van der Waals surface area contributed by atoms with Gasteiger partial charge in [0.25, 0.3) is 0 Å². The lowest BCUT2D eigenvalue weighted by atomic mass is 10.1. The van der Waals surface area contributed by atoms with E-state index in [-0.39, 0.29) is 22.9 Å². The van der Waals surface area contributed by atoms with E-state index < -0.39 is 5.97 Å². The fourth-order valence-corrected chi connectivity index (χ4v) is 2.77. The Kier molecular flexibility index (Phi) is 5.01. The highest BCUT2D eigenvalue weighted by atomic mass is 35.5. The van der Waals surface area contributed by atoms with Gasteiger partial charge in [0.15, 0.2) is 11.5 Å². The summed E-state index contributed by atoms with van der Waals surface area (Å²) in [5, 5.41) is 9.89. The van der Waals surface area contributed by atoms with Gasteiger partial charge in [-0.3, -0.25) is 4.79 Å². The fraction of sp³-hybridized carbons (Fsp3) is 0.158. The lowest BCUT2D eigenvalue weighted by molar-refractivity contribution is -0.133. The Morgan fingerprint density at radius 2 is 2.04 bits per heavy atom. The first-order valence-electron chi connectivity index (χ1n) is 7.58. The quantitative estimate of drug-likeness (QED) is 0.495. The van der Waals surface area contributed by atoms with Crippen molar-refractivity contribution >= 4 is 28.5 Å². The average molecular weight is 372 g/mol. The fourth-order valence-electron chi connectivity index (χ4n) is 2.52. The molecule has 0 N–H and O–H groups in total. The summed E-state index contributed by atoms with van der Waals surface area (Å²) in [5.41, 5.74) is 1.60. The minimum Gasteiger partial charge on any atom is -0.497 e. The molecule has 0 amide bonds. The summed E-state index contributed by atoms with van der Waals surface area (Å²) in [6.07, 6.45) is 1.49. The van der Waals surface area contributed by atoms with E-state index in [4.69, 9.17) is 35.5 Å². The van der Waals surface area contributed by atoms with Crippen molar-refractivity contribution < 1.29 is 23.4 Å². The van der Waals surface area contributed by atoms with Crippen LogP contribution in [0.3, 0.4) is 0 Å². The first-order chi connectivity index (χ1) is 12.5. The number of benzene rings is 2. The van der Waals surface area contributed by atoms with Crippen LogP contribution in [0.15, 0.2) is 41.0 Å². The summed E-state index contributed by atoms with van der Waals surface area (Å²) in [6.45, 7) is 0. The number of fused-ring (bicyclic) bond motifs is 1. The number of methoxy groups -OCH3 is 2. The summed E-state index contributed by atoms with van der Waals surface area (Å²) in [7, 11) is 2.97. The standard InChI is InChI=1S/C19H14ClNO5/c1-23-13-3-4-14-12(10-25-16(14)8-13)7-18(22)26-19-15(20)5-11(9-21)6-17(19)24-2/h3-6,8,10H,7H2,1-2H3. The van der Waals surface area contributed by atoms with Gasteiger partial charge in [-0.05, 0) is 18.2 Å². The molecule has 6 nitrogen and oxygen atoms in total. The number of carbonyl (C=O) groups excluding carboxylic acids is 1. The zero-order valence-corrected chi connectivity index (χ0v) is 14.8. The molecule has 0 fully saturated rings. The van der Waals surface area contributed by atoms with Crippen molar-refractivity contribution in [2.45, 2.75) is 6.42 Å². The minimum absolute atomic E-state index is 0.0151. The van der Waals surface area contributed by atoms with Gasteiger partial charge in [0, 0.05) is 23.1 Å². The molecule has 26 heavy (non-hydrogen) atoms. The van der Waals surface area contributed by atoms with Crippen molar-refractivity contribution in [3.05, 3.63) is 52.7 Å². The second-order valence-corrected chi connectivity index (χ2v) is 5.78. The van der Waals surface area contributed by atoms with E-state index in [2.05, 4.69) is 0 Å². The number of nitriles is 1. The number of esters is 1. The molecule has 0 atom stereocenters. The predicted octanol–water partition coefficient (Wildman–Crippen LogP) is 4.12. The van der Waals surface area contributed by atoms with E-state index in [1.807, 2.05) is 12.1 Å². The van der Waals surface area contributed by atoms with Crippen molar-refractivity contribution in [1.82, 2.24) is 0 Å². The second-order valence-electron chi connectivity index (χ2n) is 5.38. The van der Waals surface area contributed by atoms with Gasteiger partial charge < -0.3 is 18.6 Å². The SMILES string of the molecule is COc1ccc2c(CC(=O)Oc3c(Cl)cc(C#N)cc3OC)coc2c1. The van der Waals surface area contributed by atoms with Crippen LogP contribution < -0.4 is 14.2 Å². The highest BCUT2D eigenvalue weighted by Gasteiger charge is 2.18. The molecule has 0 saturated heterocycles. The smallest absolute Gasteiger partial charge is 0.315 e. The molecule has 0 saturated carbocycles. The van der Waals surface area contributed by atoms with Crippen molar-refractivity contribution in [2.24, 2.45) is 0 Å². The van der Waals surface area contributed by atoms with Gasteiger partial charge in [-0.25, -0.2) is 0 Å². The summed E-state index contributed by atoms with van der Waals surface area (Å²) in [6, 6.07) is 10.2. The number of hydrogen-bond acceptors (Lipinski definition) is 6. The molecule has 7 heteroatoms. The van der Waals surface area contributed by atoms with Crippen LogP contribution in [0.4, 0.5) is 0 Å². The van der Waals surface area contributed by atoms with Crippen molar-refractivity contribution in [3.63, 3.8) is 0 Å². The maximum absolute atomic E-state index is 12.4. The molecule has 3 rings (SSSR count). The van der Waals surface area contributed by atoms with Gasteiger partial charge in [-0.2, -0.15) is 5.26 Å². The van der Waals surface area contributed by atoms with Gasteiger partial charge in [-0.1, -0.05) is 11.6 Å². The average Bonchev–Trinajstić information content (AvgIpc) is 3.04. The summed E-state index contributed by atoms with van der Waals surface area (Å²) in [4.78, 5) is 12.4. The Balaban J connectivity index is 1.83. The van der Waals surface area contributed by atoms with Crippen LogP contribution in [-0.4, -0.2) is 20.2 Å². The van der Waals surface area contributed by atoms with E-state index in [1.165, 1.54) is 25.5 Å². The third kappa shape index (κ3) is 3.44. The molecule has 1 aromatic heterocycles. The van der Waals surface area contributed by atoms with Gasteiger partial charge >= 0.3 is 5.97 Å². The van der Waals surface area contributed by atoms with Gasteiger partial charge in [0.05, 0.1) is 43.6 Å². The summed E-state index contributed by atoms with van der Waals surface area (Å²) in [5.74, 6) is 0.417. The minimum atomic E-state index is -0.534. The molecule has 3 aromatic rings. The van der Waals surface area contributed by atoms with Crippen molar-refractivity contribution in [1.29, 1.82) is 5.26 Å². The molecular formula is C19H14ClNO5. The molecule has 0 aliphatic heterocycles. The van der Waals surface area contributed by atoms with Crippen LogP contribution in [0.1, 0.15) is 11.1 Å². The van der Waals surface area contributed by atoms with E-state index in [0.29, 0.717) is 22.5 Å². The summed E-state index contributed by atoms with van der Waals surface area (Å²) >= 11 is 6.11. The lowest BCUT2D eigenvalue weighted by Crippen LogP contribution is -2.12. The maximum Gasteiger partial charge on any atom is 0.315 e. The van der Waals surface area contributed by atoms with Crippen LogP contribution >= 0.6 is 11.6 Å². The topological polar surface area (TPSA) is 81.7 Å². The Labute approximate surface area is 154 Å². The molecule has 0 spiro atoms. The number of nitrogens with zero attached hydrogens (tertiary/aromatic N) is 1. The molecule has 2 aromatic carbocycles. The lowest BCUT2D eigenvalue weighted by Gasteiger charge is -2.11. The van der Waals surface area contributed by atoms with Crippen LogP contribution in [0.25, 0.3) is 11.0 Å². The first kappa shape index (κ1) is 17.6. The van der Waals surface area contributed by atoms with Crippen LogP contribution in [-0.2, 0) is 11.2 Å².